The molecule has 0 amide bonds. The van der Waals surface area contributed by atoms with Crippen LogP contribution in [-0.4, -0.2) is 14.2 Å². The van der Waals surface area contributed by atoms with Gasteiger partial charge in [-0.25, -0.2) is 0 Å². The molecule has 2 heteroatoms. The van der Waals surface area contributed by atoms with Crippen LogP contribution in [0.3, 0.4) is 0 Å². The third kappa shape index (κ3) is 3.28. The summed E-state index contributed by atoms with van der Waals surface area (Å²) in [5.74, 6) is 0.965. The number of rotatable bonds is 5. The molecule has 19 heavy (non-hydrogen) atoms. The highest BCUT2D eigenvalue weighted by atomic mass is 16.5. The smallest absolute Gasteiger partial charge is 0.122 e. The van der Waals surface area contributed by atoms with E-state index in [1.165, 1.54) is 16.7 Å². The summed E-state index contributed by atoms with van der Waals surface area (Å²) in [6.45, 7) is 2.17. The third-order valence-corrected chi connectivity index (χ3v) is 3.36. The Kier molecular flexibility index (Phi) is 4.45. The number of benzene rings is 2. The van der Waals surface area contributed by atoms with Gasteiger partial charge >= 0.3 is 0 Å². The van der Waals surface area contributed by atoms with Gasteiger partial charge in [-0.2, -0.15) is 0 Å². The van der Waals surface area contributed by atoms with E-state index in [9.17, 15) is 0 Å². The van der Waals surface area contributed by atoms with Gasteiger partial charge in [0.15, 0.2) is 0 Å². The van der Waals surface area contributed by atoms with Crippen LogP contribution >= 0.6 is 0 Å². The molecule has 0 radical (unpaired) electrons. The Bertz CT molecular complexity index is 549. The molecule has 0 fully saturated rings. The van der Waals surface area contributed by atoms with Crippen LogP contribution in [-0.2, 0) is 12.8 Å². The van der Waals surface area contributed by atoms with Gasteiger partial charge in [-0.3, -0.25) is 0 Å². The van der Waals surface area contributed by atoms with E-state index >= 15 is 0 Å². The predicted molar refractivity (Wildman–Crippen MR) is 81.2 cm³/mol. The van der Waals surface area contributed by atoms with Gasteiger partial charge in [0.05, 0.1) is 7.11 Å². The van der Waals surface area contributed by atoms with Crippen LogP contribution in [0.4, 0.5) is 5.69 Å². The first-order chi connectivity index (χ1) is 9.26. The lowest BCUT2D eigenvalue weighted by molar-refractivity contribution is 0.410. The number of ether oxygens (including phenoxy) is 1. The second-order valence-electron chi connectivity index (χ2n) is 4.63. The molecule has 2 rings (SSSR count). The summed E-state index contributed by atoms with van der Waals surface area (Å²) in [4.78, 5) is 0. The maximum atomic E-state index is 5.46. The van der Waals surface area contributed by atoms with Gasteiger partial charge in [-0.05, 0) is 41.3 Å². The number of nitrogens with one attached hydrogen (secondary N) is 1. The zero-order chi connectivity index (χ0) is 13.7. The van der Waals surface area contributed by atoms with E-state index in [0.29, 0.717) is 0 Å². The zero-order valence-electron chi connectivity index (χ0n) is 11.9. The quantitative estimate of drug-likeness (QED) is 0.875. The Morgan fingerprint density at radius 3 is 2.58 bits per heavy atom. The lowest BCUT2D eigenvalue weighted by Crippen LogP contribution is -1.96. The highest BCUT2D eigenvalue weighted by Gasteiger charge is 2.05. The van der Waals surface area contributed by atoms with Crippen molar-refractivity contribution in [3.8, 4) is 5.75 Å². The van der Waals surface area contributed by atoms with Crippen LogP contribution < -0.4 is 10.1 Å². The summed E-state index contributed by atoms with van der Waals surface area (Å²) >= 11 is 0. The Morgan fingerprint density at radius 2 is 1.89 bits per heavy atom. The van der Waals surface area contributed by atoms with E-state index in [-0.39, 0.29) is 0 Å². The molecule has 0 saturated carbocycles. The van der Waals surface area contributed by atoms with Gasteiger partial charge in [0.25, 0.3) is 0 Å². The van der Waals surface area contributed by atoms with Gasteiger partial charge in [0.1, 0.15) is 5.75 Å². The van der Waals surface area contributed by atoms with Crippen LogP contribution in [0.15, 0.2) is 42.5 Å². The molecule has 2 nitrogen and oxygen atoms in total. The van der Waals surface area contributed by atoms with E-state index < -0.39 is 0 Å². The maximum Gasteiger partial charge on any atom is 0.122 e. The minimum absolute atomic E-state index is 0.895. The van der Waals surface area contributed by atoms with Crippen LogP contribution in [0.5, 0.6) is 5.75 Å². The monoisotopic (exact) mass is 255 g/mol. The number of aryl methyl sites for hydroxylation is 1. The zero-order valence-corrected chi connectivity index (χ0v) is 11.9. The highest BCUT2D eigenvalue weighted by Crippen LogP contribution is 2.24. The summed E-state index contributed by atoms with van der Waals surface area (Å²) in [6.07, 6.45) is 1.94. The average molecular weight is 255 g/mol. The van der Waals surface area contributed by atoms with Gasteiger partial charge < -0.3 is 10.1 Å². The molecule has 0 heterocycles. The van der Waals surface area contributed by atoms with E-state index in [1.54, 1.807) is 7.11 Å². The first kappa shape index (κ1) is 13.5. The van der Waals surface area contributed by atoms with E-state index in [4.69, 9.17) is 4.74 Å². The van der Waals surface area contributed by atoms with E-state index in [0.717, 1.165) is 24.3 Å². The van der Waals surface area contributed by atoms with Gasteiger partial charge in [-0.1, -0.05) is 31.2 Å². The largest absolute Gasteiger partial charge is 0.496 e. The topological polar surface area (TPSA) is 21.3 Å². The van der Waals surface area contributed by atoms with Crippen molar-refractivity contribution in [3.05, 3.63) is 59.2 Å². The highest BCUT2D eigenvalue weighted by molar-refractivity contribution is 5.48. The molecule has 0 bridgehead atoms. The van der Waals surface area contributed by atoms with Gasteiger partial charge in [0.2, 0.25) is 0 Å². The SMILES string of the molecule is CCc1ccc(OC)c(Cc2cccc(NC)c2)c1. The van der Waals surface area contributed by atoms with Crippen LogP contribution in [0.1, 0.15) is 23.6 Å². The molecular weight excluding hydrogens is 234 g/mol. The fraction of sp³-hybridized carbons (Fsp3) is 0.294. The van der Waals surface area contributed by atoms with Crippen molar-refractivity contribution in [3.63, 3.8) is 0 Å². The molecule has 2 aromatic carbocycles. The van der Waals surface area contributed by atoms with Crippen LogP contribution in [0.2, 0.25) is 0 Å². The molecular formula is C17H21NO. The number of hydrogen-bond acceptors (Lipinski definition) is 2. The summed E-state index contributed by atoms with van der Waals surface area (Å²) in [5.41, 5.74) is 5.03. The number of hydrogen-bond donors (Lipinski definition) is 1. The molecule has 100 valence electrons. The van der Waals surface area contributed by atoms with Crippen molar-refractivity contribution in [2.24, 2.45) is 0 Å². The molecule has 0 unspecified atom stereocenters. The van der Waals surface area contributed by atoms with Gasteiger partial charge in [-0.15, -0.1) is 0 Å². The van der Waals surface area contributed by atoms with E-state index in [1.807, 2.05) is 7.05 Å². The summed E-state index contributed by atoms with van der Waals surface area (Å²) in [7, 11) is 3.67. The van der Waals surface area contributed by atoms with Crippen molar-refractivity contribution < 1.29 is 4.74 Å². The normalized spacial score (nSPS) is 10.3. The number of anilines is 1. The minimum atomic E-state index is 0.895. The standard InChI is InChI=1S/C17H21NO/c1-4-13-8-9-17(19-3)15(10-13)11-14-6-5-7-16(12-14)18-2/h5-10,12,18H,4,11H2,1-3H3. The Balaban J connectivity index is 2.30. The number of methoxy groups -OCH3 is 1. The molecule has 0 aliphatic carbocycles. The molecule has 0 spiro atoms. The summed E-state index contributed by atoms with van der Waals surface area (Å²) in [5, 5.41) is 3.17. The molecule has 0 aliphatic heterocycles. The summed E-state index contributed by atoms with van der Waals surface area (Å²) in [6, 6.07) is 14.9. The Labute approximate surface area is 115 Å². The first-order valence-electron chi connectivity index (χ1n) is 6.69. The predicted octanol–water partition coefficient (Wildman–Crippen LogP) is 3.89. The van der Waals surface area contributed by atoms with Gasteiger partial charge in [0, 0.05) is 19.2 Å². The van der Waals surface area contributed by atoms with Crippen molar-refractivity contribution in [2.75, 3.05) is 19.5 Å². The van der Waals surface area contributed by atoms with Crippen molar-refractivity contribution in [1.82, 2.24) is 0 Å². The lowest BCUT2D eigenvalue weighted by atomic mass is 10.0. The molecule has 1 N–H and O–H groups in total. The lowest BCUT2D eigenvalue weighted by Gasteiger charge is -2.11. The molecule has 0 saturated heterocycles. The van der Waals surface area contributed by atoms with E-state index in [2.05, 4.69) is 54.7 Å². The maximum absolute atomic E-state index is 5.46. The second-order valence-corrected chi connectivity index (χ2v) is 4.63. The molecule has 0 aliphatic rings. The van der Waals surface area contributed by atoms with Crippen LogP contribution in [0, 0.1) is 0 Å². The van der Waals surface area contributed by atoms with Crippen LogP contribution in [0.25, 0.3) is 0 Å². The average Bonchev–Trinajstić information content (AvgIpc) is 2.47. The Hall–Kier alpha value is -1.96. The van der Waals surface area contributed by atoms with Crippen molar-refractivity contribution in [1.29, 1.82) is 0 Å². The third-order valence-electron chi connectivity index (χ3n) is 3.36. The summed E-state index contributed by atoms with van der Waals surface area (Å²) < 4.78 is 5.46. The fourth-order valence-electron chi connectivity index (χ4n) is 2.25. The first-order valence-corrected chi connectivity index (χ1v) is 6.69. The minimum Gasteiger partial charge on any atom is -0.496 e. The Morgan fingerprint density at radius 1 is 1.05 bits per heavy atom. The van der Waals surface area contributed by atoms with Crippen molar-refractivity contribution in [2.45, 2.75) is 19.8 Å². The van der Waals surface area contributed by atoms with Crippen molar-refractivity contribution >= 4 is 5.69 Å². The molecule has 0 aromatic heterocycles. The second kappa shape index (κ2) is 6.28. The molecule has 2 aromatic rings. The molecule has 0 atom stereocenters. The fourth-order valence-corrected chi connectivity index (χ4v) is 2.25.